The Labute approximate surface area is 188 Å². The lowest BCUT2D eigenvalue weighted by molar-refractivity contribution is 0.0683. The summed E-state index contributed by atoms with van der Waals surface area (Å²) in [5.41, 5.74) is 3.23. The van der Waals surface area contributed by atoms with E-state index in [0.29, 0.717) is 34.0 Å². The third-order valence-corrected chi connectivity index (χ3v) is 4.80. The van der Waals surface area contributed by atoms with Gasteiger partial charge < -0.3 is 15.2 Å². The third kappa shape index (κ3) is 4.24. The summed E-state index contributed by atoms with van der Waals surface area (Å²) in [6, 6.07) is 12.5. The van der Waals surface area contributed by atoms with Gasteiger partial charge in [0, 0.05) is 11.8 Å². The first-order valence-corrected chi connectivity index (χ1v) is 9.80. The fourth-order valence-corrected chi connectivity index (χ4v) is 3.21. The van der Waals surface area contributed by atoms with Gasteiger partial charge in [0.05, 0.1) is 29.9 Å². The van der Waals surface area contributed by atoms with Gasteiger partial charge >= 0.3 is 5.97 Å². The van der Waals surface area contributed by atoms with Crippen molar-refractivity contribution in [3.05, 3.63) is 71.6 Å². The Morgan fingerprint density at radius 3 is 2.45 bits per heavy atom. The Morgan fingerprint density at radius 1 is 1.03 bits per heavy atom. The van der Waals surface area contributed by atoms with Crippen LogP contribution in [-0.4, -0.2) is 54.0 Å². The number of para-hydroxylation sites is 1. The number of aromatic carboxylic acids is 1. The fraction of sp³-hybridized carbons (Fsp3) is 0.136. The average molecular weight is 445 g/mol. The highest BCUT2D eigenvalue weighted by molar-refractivity contribution is 6.04. The number of aromatic nitrogens is 6. The van der Waals surface area contributed by atoms with Crippen molar-refractivity contribution in [1.29, 1.82) is 0 Å². The number of pyridine rings is 1. The molecule has 0 unspecified atom stereocenters. The summed E-state index contributed by atoms with van der Waals surface area (Å²) in [7, 11) is 1.43. The van der Waals surface area contributed by atoms with E-state index in [1.807, 2.05) is 30.3 Å². The highest BCUT2D eigenvalue weighted by atomic mass is 16.5. The van der Waals surface area contributed by atoms with Crippen molar-refractivity contribution in [3.8, 4) is 22.8 Å². The van der Waals surface area contributed by atoms with Gasteiger partial charge in [-0.1, -0.05) is 23.4 Å². The number of nitrogens with zero attached hydrogens (tertiary/aromatic N) is 6. The van der Waals surface area contributed by atoms with Crippen LogP contribution in [-0.2, 0) is 0 Å². The van der Waals surface area contributed by atoms with Gasteiger partial charge in [0.25, 0.3) is 5.91 Å². The molecule has 2 N–H and O–H groups in total. The highest BCUT2D eigenvalue weighted by Gasteiger charge is 2.21. The number of aryl methyl sites for hydroxylation is 2. The number of carboxylic acid groups (broad SMARTS) is 1. The molecule has 33 heavy (non-hydrogen) atoms. The molecular formula is C22H19N7O4. The SMILES string of the molecule is COc1nc(-c2cnc(C(=O)O)nc2C)ccc1NC(=O)c1c(C)nnn1-c1ccccc1. The lowest BCUT2D eigenvalue weighted by Crippen LogP contribution is -2.18. The lowest BCUT2D eigenvalue weighted by Gasteiger charge is -2.12. The molecule has 0 saturated heterocycles. The normalized spacial score (nSPS) is 10.6. The van der Waals surface area contributed by atoms with E-state index < -0.39 is 11.9 Å². The number of ether oxygens (including phenoxy) is 1. The molecule has 0 aliphatic carbocycles. The van der Waals surface area contributed by atoms with E-state index in [0.717, 1.165) is 0 Å². The first-order chi connectivity index (χ1) is 15.9. The smallest absolute Gasteiger partial charge is 0.373 e. The monoisotopic (exact) mass is 445 g/mol. The summed E-state index contributed by atoms with van der Waals surface area (Å²) < 4.78 is 6.84. The van der Waals surface area contributed by atoms with Crippen molar-refractivity contribution >= 4 is 17.6 Å². The second-order valence-electron chi connectivity index (χ2n) is 6.98. The van der Waals surface area contributed by atoms with Gasteiger partial charge in [-0.2, -0.15) is 0 Å². The maximum Gasteiger partial charge on any atom is 0.373 e. The standard InChI is InChI=1S/C22H19N7O4/c1-12-15(11-23-19(24-12)22(31)32)16-9-10-17(21(26-16)33-3)25-20(30)18-13(2)27-28-29(18)14-7-5-4-6-8-14/h4-11H,1-3H3,(H,25,30)(H,31,32). The van der Waals surface area contributed by atoms with Crippen LogP contribution in [0.3, 0.4) is 0 Å². The average Bonchev–Trinajstić information content (AvgIpc) is 3.21. The van der Waals surface area contributed by atoms with E-state index in [1.165, 1.54) is 18.0 Å². The van der Waals surface area contributed by atoms with Crippen molar-refractivity contribution in [1.82, 2.24) is 29.9 Å². The molecule has 11 heteroatoms. The van der Waals surface area contributed by atoms with Crippen LogP contribution in [0.1, 0.15) is 32.5 Å². The Kier molecular flexibility index (Phi) is 5.77. The van der Waals surface area contributed by atoms with E-state index in [-0.39, 0.29) is 17.4 Å². The van der Waals surface area contributed by atoms with Crippen LogP contribution in [0.15, 0.2) is 48.7 Å². The maximum absolute atomic E-state index is 13.1. The first kappa shape index (κ1) is 21.6. The molecule has 1 amide bonds. The highest BCUT2D eigenvalue weighted by Crippen LogP contribution is 2.28. The molecular weight excluding hydrogens is 426 g/mol. The number of hydrogen-bond donors (Lipinski definition) is 2. The number of benzene rings is 1. The molecule has 1 aromatic carbocycles. The van der Waals surface area contributed by atoms with Crippen LogP contribution in [0, 0.1) is 13.8 Å². The summed E-state index contributed by atoms with van der Waals surface area (Å²) in [6.45, 7) is 3.36. The predicted molar refractivity (Wildman–Crippen MR) is 118 cm³/mol. The van der Waals surface area contributed by atoms with Crippen LogP contribution in [0.4, 0.5) is 5.69 Å². The molecule has 0 fully saturated rings. The van der Waals surface area contributed by atoms with Crippen LogP contribution in [0.2, 0.25) is 0 Å². The van der Waals surface area contributed by atoms with Gasteiger partial charge in [0.1, 0.15) is 5.69 Å². The van der Waals surface area contributed by atoms with Crippen molar-refractivity contribution in [2.45, 2.75) is 13.8 Å². The summed E-state index contributed by atoms with van der Waals surface area (Å²) in [6.07, 6.45) is 1.39. The zero-order valence-electron chi connectivity index (χ0n) is 18.0. The Hall–Kier alpha value is -4.67. The second-order valence-corrected chi connectivity index (χ2v) is 6.98. The molecule has 0 aliphatic rings. The number of carbonyl (C=O) groups is 2. The quantitative estimate of drug-likeness (QED) is 0.457. The molecule has 0 saturated carbocycles. The van der Waals surface area contributed by atoms with Gasteiger partial charge in [0.2, 0.25) is 11.7 Å². The Bertz CT molecular complexity index is 1350. The fourth-order valence-electron chi connectivity index (χ4n) is 3.21. The van der Waals surface area contributed by atoms with Crippen LogP contribution < -0.4 is 10.1 Å². The topological polar surface area (TPSA) is 145 Å². The van der Waals surface area contributed by atoms with Crippen molar-refractivity contribution in [2.24, 2.45) is 0 Å². The van der Waals surface area contributed by atoms with E-state index in [2.05, 4.69) is 30.6 Å². The van der Waals surface area contributed by atoms with Gasteiger partial charge in [-0.05, 0) is 38.1 Å². The molecule has 0 bridgehead atoms. The Morgan fingerprint density at radius 2 is 1.79 bits per heavy atom. The van der Waals surface area contributed by atoms with Crippen molar-refractivity contribution in [3.63, 3.8) is 0 Å². The van der Waals surface area contributed by atoms with Crippen molar-refractivity contribution in [2.75, 3.05) is 12.4 Å². The van der Waals surface area contributed by atoms with Gasteiger partial charge in [0.15, 0.2) is 5.69 Å². The van der Waals surface area contributed by atoms with Gasteiger partial charge in [-0.25, -0.2) is 24.4 Å². The number of hydrogen-bond acceptors (Lipinski definition) is 8. The maximum atomic E-state index is 13.1. The molecule has 0 aliphatic heterocycles. The molecule has 4 rings (SSSR count). The summed E-state index contributed by atoms with van der Waals surface area (Å²) in [5.74, 6) is -1.78. The molecule has 3 heterocycles. The number of amides is 1. The van der Waals surface area contributed by atoms with Crippen LogP contribution in [0.25, 0.3) is 16.9 Å². The minimum absolute atomic E-state index is 0.166. The molecule has 0 spiro atoms. The van der Waals surface area contributed by atoms with Gasteiger partial charge in [-0.3, -0.25) is 4.79 Å². The van der Waals surface area contributed by atoms with E-state index >= 15 is 0 Å². The number of carbonyl (C=O) groups excluding carboxylic acids is 1. The van der Waals surface area contributed by atoms with Gasteiger partial charge in [-0.15, -0.1) is 5.10 Å². The predicted octanol–water partition coefficient (Wildman–Crippen LogP) is 2.70. The zero-order valence-corrected chi connectivity index (χ0v) is 18.0. The number of rotatable bonds is 6. The summed E-state index contributed by atoms with van der Waals surface area (Å²) >= 11 is 0. The summed E-state index contributed by atoms with van der Waals surface area (Å²) in [5, 5.41) is 20.0. The third-order valence-electron chi connectivity index (χ3n) is 4.80. The van der Waals surface area contributed by atoms with E-state index in [4.69, 9.17) is 9.84 Å². The minimum atomic E-state index is -1.22. The van der Waals surface area contributed by atoms with E-state index in [1.54, 1.807) is 26.0 Å². The zero-order chi connectivity index (χ0) is 23.5. The molecule has 11 nitrogen and oxygen atoms in total. The first-order valence-electron chi connectivity index (χ1n) is 9.80. The van der Waals surface area contributed by atoms with Crippen molar-refractivity contribution < 1.29 is 19.4 Å². The van der Waals surface area contributed by atoms with E-state index in [9.17, 15) is 9.59 Å². The van der Waals surface area contributed by atoms with Crippen LogP contribution in [0.5, 0.6) is 5.88 Å². The molecule has 166 valence electrons. The number of carboxylic acids is 1. The lowest BCUT2D eigenvalue weighted by atomic mass is 10.1. The molecule has 0 atom stereocenters. The minimum Gasteiger partial charge on any atom is -0.479 e. The molecule has 4 aromatic rings. The molecule has 3 aromatic heterocycles. The number of anilines is 1. The summed E-state index contributed by atoms with van der Waals surface area (Å²) in [4.78, 5) is 36.4. The largest absolute Gasteiger partial charge is 0.479 e. The Balaban J connectivity index is 1.65. The number of nitrogens with one attached hydrogen (secondary N) is 1. The second kappa shape index (κ2) is 8.83. The molecule has 0 radical (unpaired) electrons. The number of methoxy groups -OCH3 is 1. The van der Waals surface area contributed by atoms with Crippen LogP contribution >= 0.6 is 0 Å².